The van der Waals surface area contributed by atoms with Crippen LogP contribution in [0.5, 0.6) is 5.75 Å². The Hall–Kier alpha value is -0.980. The maximum absolute atomic E-state index is 12.1. The maximum atomic E-state index is 12.1. The smallest absolute Gasteiger partial charge is 0.410 e. The van der Waals surface area contributed by atoms with E-state index in [-0.39, 0.29) is 6.09 Å². The molecule has 1 aliphatic rings. The summed E-state index contributed by atoms with van der Waals surface area (Å²) in [6.45, 7) is 9.26. The Kier molecular flexibility index (Phi) is 6.39. The van der Waals surface area contributed by atoms with E-state index in [2.05, 4.69) is 20.8 Å². The van der Waals surface area contributed by atoms with Crippen LogP contribution in [-0.2, 0) is 11.3 Å². The Bertz CT molecular complexity index is 596. The average molecular weight is 420 g/mol. The van der Waals surface area contributed by atoms with Gasteiger partial charge in [0.25, 0.3) is 0 Å². The molecule has 0 N–H and O–H groups in total. The third-order valence-electron chi connectivity index (χ3n) is 3.74. The van der Waals surface area contributed by atoms with Gasteiger partial charge in [0.1, 0.15) is 11.4 Å². The Morgan fingerprint density at radius 1 is 1.25 bits per heavy atom. The van der Waals surface area contributed by atoms with Gasteiger partial charge in [-0.15, -0.1) is 0 Å². The number of carbonyl (C=O) groups is 1. The van der Waals surface area contributed by atoms with Gasteiger partial charge in [0.15, 0.2) is 0 Å². The third-order valence-corrected chi connectivity index (χ3v) is 4.94. The minimum absolute atomic E-state index is 0.244. The predicted molar refractivity (Wildman–Crippen MR) is 98.8 cm³/mol. The molecule has 1 aromatic rings. The van der Waals surface area contributed by atoms with E-state index in [9.17, 15) is 4.79 Å². The van der Waals surface area contributed by atoms with Crippen LogP contribution in [0.4, 0.5) is 4.79 Å². The van der Waals surface area contributed by atoms with Crippen molar-refractivity contribution >= 4 is 33.6 Å². The van der Waals surface area contributed by atoms with Crippen LogP contribution < -0.4 is 4.74 Å². The van der Waals surface area contributed by atoms with Crippen LogP contribution in [0.15, 0.2) is 16.6 Å². The molecule has 1 aromatic carbocycles. The first-order valence-corrected chi connectivity index (χ1v) is 9.09. The summed E-state index contributed by atoms with van der Waals surface area (Å²) in [7, 11) is 1.65. The lowest BCUT2D eigenvalue weighted by atomic mass is 10.1. The highest BCUT2D eigenvalue weighted by Gasteiger charge is 2.26. The minimum atomic E-state index is -0.463. The summed E-state index contributed by atoms with van der Waals surface area (Å²) in [5.74, 6) is 0.806. The van der Waals surface area contributed by atoms with Crippen LogP contribution >= 0.6 is 27.5 Å². The topological polar surface area (TPSA) is 42.0 Å². The Morgan fingerprint density at radius 3 is 2.42 bits per heavy atom. The zero-order valence-corrected chi connectivity index (χ0v) is 16.9. The van der Waals surface area contributed by atoms with Crippen LogP contribution in [0, 0.1) is 0 Å². The van der Waals surface area contributed by atoms with Gasteiger partial charge in [-0.3, -0.25) is 4.90 Å². The summed E-state index contributed by atoms with van der Waals surface area (Å²) in [5.41, 5.74) is 0.576. The first-order chi connectivity index (χ1) is 11.2. The van der Waals surface area contributed by atoms with Gasteiger partial charge in [-0.25, -0.2) is 4.79 Å². The summed E-state index contributed by atoms with van der Waals surface area (Å²) in [6.07, 6.45) is -0.244. The molecule has 1 saturated heterocycles. The molecular weight excluding hydrogens is 396 g/mol. The zero-order valence-electron chi connectivity index (χ0n) is 14.6. The van der Waals surface area contributed by atoms with E-state index >= 15 is 0 Å². The highest BCUT2D eigenvalue weighted by molar-refractivity contribution is 9.10. The molecule has 7 heteroatoms. The number of methoxy groups -OCH3 is 1. The van der Waals surface area contributed by atoms with E-state index in [4.69, 9.17) is 21.1 Å². The first-order valence-electron chi connectivity index (χ1n) is 7.92. The molecule has 1 amide bonds. The number of hydrogen-bond acceptors (Lipinski definition) is 4. The zero-order chi connectivity index (χ0) is 17.9. The van der Waals surface area contributed by atoms with Crippen LogP contribution in [0.3, 0.4) is 0 Å². The molecule has 0 spiro atoms. The molecule has 0 radical (unpaired) electrons. The molecule has 1 heterocycles. The maximum Gasteiger partial charge on any atom is 0.410 e. The van der Waals surface area contributed by atoms with Crippen molar-refractivity contribution in [2.45, 2.75) is 32.9 Å². The van der Waals surface area contributed by atoms with Gasteiger partial charge in [0.2, 0.25) is 0 Å². The second kappa shape index (κ2) is 7.93. The summed E-state index contributed by atoms with van der Waals surface area (Å²) >= 11 is 9.61. The van der Waals surface area contributed by atoms with E-state index in [0.717, 1.165) is 35.4 Å². The quantitative estimate of drug-likeness (QED) is 0.737. The van der Waals surface area contributed by atoms with Crippen LogP contribution in [0.2, 0.25) is 5.02 Å². The van der Waals surface area contributed by atoms with Crippen molar-refractivity contribution < 1.29 is 14.3 Å². The van der Waals surface area contributed by atoms with Gasteiger partial charge in [0, 0.05) is 42.8 Å². The number of halogens is 2. The van der Waals surface area contributed by atoms with Crippen LogP contribution in [-0.4, -0.2) is 54.8 Å². The summed E-state index contributed by atoms with van der Waals surface area (Å²) in [5, 5.41) is 0.665. The predicted octanol–water partition coefficient (Wildman–Crippen LogP) is 4.16. The van der Waals surface area contributed by atoms with Crippen molar-refractivity contribution in [3.8, 4) is 5.75 Å². The molecule has 1 aliphatic heterocycles. The van der Waals surface area contributed by atoms with Crippen molar-refractivity contribution in [3.05, 3.63) is 27.2 Å². The molecule has 0 unspecified atom stereocenters. The summed E-state index contributed by atoms with van der Waals surface area (Å²) < 4.78 is 11.7. The minimum Gasteiger partial charge on any atom is -0.496 e. The van der Waals surface area contributed by atoms with Crippen molar-refractivity contribution in [3.63, 3.8) is 0 Å². The van der Waals surface area contributed by atoms with Gasteiger partial charge in [-0.05, 0) is 48.8 Å². The first kappa shape index (κ1) is 19.3. The van der Waals surface area contributed by atoms with Gasteiger partial charge >= 0.3 is 6.09 Å². The van der Waals surface area contributed by atoms with Gasteiger partial charge in [0.05, 0.1) is 12.1 Å². The summed E-state index contributed by atoms with van der Waals surface area (Å²) in [6, 6.07) is 3.80. The van der Waals surface area contributed by atoms with Crippen molar-refractivity contribution in [1.82, 2.24) is 9.80 Å². The molecule has 2 rings (SSSR count). The fraction of sp³-hybridized carbons (Fsp3) is 0.588. The van der Waals surface area contributed by atoms with E-state index in [1.165, 1.54) is 0 Å². The van der Waals surface area contributed by atoms with Gasteiger partial charge in [-0.2, -0.15) is 0 Å². The Morgan fingerprint density at radius 2 is 1.88 bits per heavy atom. The molecule has 134 valence electrons. The fourth-order valence-corrected chi connectivity index (χ4v) is 3.05. The SMILES string of the molecule is COc1cc(Br)c(Cl)cc1CN1CCN(C(=O)OC(C)(C)C)CC1. The monoisotopic (exact) mass is 418 g/mol. The summed E-state index contributed by atoms with van der Waals surface area (Å²) in [4.78, 5) is 16.1. The number of piperazine rings is 1. The lowest BCUT2D eigenvalue weighted by Crippen LogP contribution is -2.49. The lowest BCUT2D eigenvalue weighted by molar-refractivity contribution is 0.0138. The van der Waals surface area contributed by atoms with Crippen LogP contribution in [0.25, 0.3) is 0 Å². The number of nitrogens with zero attached hydrogens (tertiary/aromatic N) is 2. The molecular formula is C17H24BrClN2O3. The molecule has 0 aliphatic carbocycles. The van der Waals surface area contributed by atoms with Crippen LogP contribution in [0.1, 0.15) is 26.3 Å². The standard InChI is InChI=1S/C17H24BrClN2O3/c1-17(2,3)24-16(22)21-7-5-20(6-8-21)11-12-9-14(19)13(18)10-15(12)23-4/h9-10H,5-8,11H2,1-4H3. The second-order valence-electron chi connectivity index (χ2n) is 6.82. The molecule has 24 heavy (non-hydrogen) atoms. The van der Waals surface area contributed by atoms with Gasteiger partial charge < -0.3 is 14.4 Å². The number of rotatable bonds is 3. The van der Waals surface area contributed by atoms with E-state index in [1.54, 1.807) is 12.0 Å². The number of benzene rings is 1. The number of hydrogen-bond donors (Lipinski definition) is 0. The Balaban J connectivity index is 1.94. The number of carbonyl (C=O) groups excluding carboxylic acids is 1. The Labute approximate surface area is 157 Å². The average Bonchev–Trinajstić information content (AvgIpc) is 2.49. The molecule has 0 saturated carbocycles. The van der Waals surface area contributed by atoms with Crippen molar-refractivity contribution in [1.29, 1.82) is 0 Å². The highest BCUT2D eigenvalue weighted by Crippen LogP contribution is 2.31. The van der Waals surface area contributed by atoms with E-state index in [0.29, 0.717) is 18.1 Å². The normalized spacial score (nSPS) is 16.2. The number of amides is 1. The largest absolute Gasteiger partial charge is 0.496 e. The molecule has 0 bridgehead atoms. The molecule has 0 atom stereocenters. The van der Waals surface area contributed by atoms with E-state index < -0.39 is 5.60 Å². The van der Waals surface area contributed by atoms with E-state index in [1.807, 2.05) is 32.9 Å². The van der Waals surface area contributed by atoms with Gasteiger partial charge in [-0.1, -0.05) is 11.6 Å². The van der Waals surface area contributed by atoms with Crippen molar-refractivity contribution in [2.24, 2.45) is 0 Å². The number of ether oxygens (including phenoxy) is 2. The lowest BCUT2D eigenvalue weighted by Gasteiger charge is -2.35. The molecule has 1 fully saturated rings. The van der Waals surface area contributed by atoms with Crippen molar-refractivity contribution in [2.75, 3.05) is 33.3 Å². The second-order valence-corrected chi connectivity index (χ2v) is 8.08. The molecule has 0 aromatic heterocycles. The highest BCUT2D eigenvalue weighted by atomic mass is 79.9. The third kappa shape index (κ3) is 5.26. The fourth-order valence-electron chi connectivity index (χ4n) is 2.54. The molecule has 5 nitrogen and oxygen atoms in total.